The second kappa shape index (κ2) is 4.70. The number of Topliss-reactive ketones (excluding diaryl/α,β-unsaturated/α-hetero) is 1. The van der Waals surface area contributed by atoms with E-state index in [1.165, 1.54) is 5.56 Å². The summed E-state index contributed by atoms with van der Waals surface area (Å²) in [5.74, 6) is -0.0110. The molecule has 1 aromatic rings. The second-order valence-electron chi connectivity index (χ2n) is 4.45. The molecule has 0 saturated carbocycles. The minimum atomic E-state index is -0.0646. The number of carbonyl (C=O) groups excluding carboxylic acids is 2. The largest absolute Gasteiger partial charge is 0.311 e. The van der Waals surface area contributed by atoms with E-state index in [-0.39, 0.29) is 18.1 Å². The Hall–Kier alpha value is -1.64. The monoisotopic (exact) mass is 231 g/mol. The summed E-state index contributed by atoms with van der Waals surface area (Å²) in [6, 6.07) is 6.07. The Balaban J connectivity index is 2.39. The van der Waals surface area contributed by atoms with Crippen molar-refractivity contribution >= 4 is 17.4 Å². The topological polar surface area (TPSA) is 37.4 Å². The maximum atomic E-state index is 11.9. The van der Waals surface area contributed by atoms with Crippen molar-refractivity contribution in [1.29, 1.82) is 0 Å². The van der Waals surface area contributed by atoms with E-state index >= 15 is 0 Å². The molecule has 3 nitrogen and oxygen atoms in total. The molecule has 1 saturated heterocycles. The van der Waals surface area contributed by atoms with E-state index < -0.39 is 0 Å². The summed E-state index contributed by atoms with van der Waals surface area (Å²) in [6.07, 6.45) is 1.43. The number of nitrogens with zero attached hydrogens (tertiary/aromatic N) is 1. The van der Waals surface area contributed by atoms with Crippen molar-refractivity contribution in [3.8, 4) is 0 Å². The minimum absolute atomic E-state index is 0.0531. The molecule has 3 heteroatoms. The fourth-order valence-electron chi connectivity index (χ4n) is 2.34. The molecule has 0 atom stereocenters. The Bertz CT molecular complexity index is 465. The van der Waals surface area contributed by atoms with E-state index in [4.69, 9.17) is 0 Å². The number of ketones is 1. The fraction of sp³-hybridized carbons (Fsp3) is 0.429. The third-order valence-corrected chi connectivity index (χ3v) is 3.24. The average Bonchev–Trinajstić information content (AvgIpc) is 2.30. The minimum Gasteiger partial charge on any atom is -0.311 e. The Morgan fingerprint density at radius 3 is 2.71 bits per heavy atom. The van der Waals surface area contributed by atoms with E-state index in [2.05, 4.69) is 6.92 Å². The molecule has 17 heavy (non-hydrogen) atoms. The lowest BCUT2D eigenvalue weighted by atomic mass is 10.0. The first kappa shape index (κ1) is 11.8. The molecule has 0 aromatic heterocycles. The van der Waals surface area contributed by atoms with Crippen LogP contribution in [0.25, 0.3) is 0 Å². The number of carbonyl (C=O) groups is 2. The molecule has 2 rings (SSSR count). The normalized spacial score (nSPS) is 16.5. The number of benzene rings is 1. The van der Waals surface area contributed by atoms with Gasteiger partial charge in [0.25, 0.3) is 0 Å². The Morgan fingerprint density at radius 2 is 2.06 bits per heavy atom. The van der Waals surface area contributed by atoms with Crippen LogP contribution in [-0.2, 0) is 16.0 Å². The quantitative estimate of drug-likeness (QED) is 0.732. The summed E-state index contributed by atoms with van der Waals surface area (Å²) in [5, 5.41) is 0. The Morgan fingerprint density at radius 1 is 1.29 bits per heavy atom. The van der Waals surface area contributed by atoms with Crippen LogP contribution in [0.15, 0.2) is 18.2 Å². The number of piperidine rings is 1. The zero-order valence-electron chi connectivity index (χ0n) is 10.3. The lowest BCUT2D eigenvalue weighted by Crippen LogP contribution is -2.40. The van der Waals surface area contributed by atoms with Crippen LogP contribution >= 0.6 is 0 Å². The van der Waals surface area contributed by atoms with Gasteiger partial charge in [0.05, 0.1) is 6.42 Å². The first-order valence-electron chi connectivity index (χ1n) is 6.04. The second-order valence-corrected chi connectivity index (χ2v) is 4.45. The van der Waals surface area contributed by atoms with Gasteiger partial charge in [0.2, 0.25) is 5.91 Å². The molecule has 0 unspecified atom stereocenters. The van der Waals surface area contributed by atoms with Crippen molar-refractivity contribution in [3.05, 3.63) is 29.3 Å². The standard InChI is InChI=1S/C14H17NO2/c1-3-11-6-4-5-10(2)14(11)15-8-7-12(16)9-13(15)17/h4-6H,3,7-9H2,1-2H3. The van der Waals surface area contributed by atoms with Crippen molar-refractivity contribution in [2.24, 2.45) is 0 Å². The smallest absolute Gasteiger partial charge is 0.234 e. The number of hydrogen-bond donors (Lipinski definition) is 0. The number of para-hydroxylation sites is 1. The van der Waals surface area contributed by atoms with Crippen LogP contribution < -0.4 is 4.90 Å². The summed E-state index contributed by atoms with van der Waals surface area (Å²) >= 11 is 0. The van der Waals surface area contributed by atoms with Gasteiger partial charge < -0.3 is 4.90 Å². The molecule has 1 amide bonds. The van der Waals surface area contributed by atoms with Gasteiger partial charge in [0.15, 0.2) is 0 Å². The first-order chi connectivity index (χ1) is 8.13. The number of amides is 1. The van der Waals surface area contributed by atoms with Gasteiger partial charge in [0.1, 0.15) is 5.78 Å². The SMILES string of the molecule is CCc1cccc(C)c1N1CCC(=O)CC1=O. The predicted octanol–water partition coefficient (Wildman–Crippen LogP) is 2.25. The van der Waals surface area contributed by atoms with Gasteiger partial charge in [-0.1, -0.05) is 25.1 Å². The zero-order valence-corrected chi connectivity index (χ0v) is 10.3. The lowest BCUT2D eigenvalue weighted by Gasteiger charge is -2.29. The van der Waals surface area contributed by atoms with Crippen LogP contribution in [0.3, 0.4) is 0 Å². The van der Waals surface area contributed by atoms with Gasteiger partial charge in [0, 0.05) is 18.7 Å². The van der Waals surface area contributed by atoms with Gasteiger partial charge in [-0.25, -0.2) is 0 Å². The summed E-state index contributed by atoms with van der Waals surface area (Å²) in [7, 11) is 0. The van der Waals surface area contributed by atoms with E-state index in [9.17, 15) is 9.59 Å². The number of aryl methyl sites for hydroxylation is 2. The van der Waals surface area contributed by atoms with E-state index in [1.54, 1.807) is 4.90 Å². The molecule has 0 aliphatic carbocycles. The maximum Gasteiger partial charge on any atom is 0.234 e. The number of rotatable bonds is 2. The third kappa shape index (κ3) is 2.23. The summed E-state index contributed by atoms with van der Waals surface area (Å²) in [5.41, 5.74) is 3.28. The molecule has 0 bridgehead atoms. The molecule has 1 aliphatic rings. The molecule has 1 fully saturated rings. The van der Waals surface area contributed by atoms with Crippen LogP contribution in [0, 0.1) is 6.92 Å². The van der Waals surface area contributed by atoms with Crippen LogP contribution in [0.2, 0.25) is 0 Å². The van der Waals surface area contributed by atoms with E-state index in [1.807, 2.05) is 25.1 Å². The maximum absolute atomic E-state index is 11.9. The molecule has 1 heterocycles. The highest BCUT2D eigenvalue weighted by Crippen LogP contribution is 2.28. The van der Waals surface area contributed by atoms with E-state index in [0.717, 1.165) is 17.7 Å². The van der Waals surface area contributed by atoms with Gasteiger partial charge in [-0.15, -0.1) is 0 Å². The highest BCUT2D eigenvalue weighted by atomic mass is 16.2. The third-order valence-electron chi connectivity index (χ3n) is 3.24. The first-order valence-corrected chi connectivity index (χ1v) is 6.04. The van der Waals surface area contributed by atoms with Gasteiger partial charge >= 0.3 is 0 Å². The van der Waals surface area contributed by atoms with Gasteiger partial charge in [-0.05, 0) is 24.5 Å². The molecular formula is C14H17NO2. The Kier molecular flexibility index (Phi) is 3.27. The summed E-state index contributed by atoms with van der Waals surface area (Å²) < 4.78 is 0. The van der Waals surface area contributed by atoms with Crippen LogP contribution in [0.1, 0.15) is 30.9 Å². The molecule has 90 valence electrons. The molecule has 0 spiro atoms. The molecule has 1 aliphatic heterocycles. The van der Waals surface area contributed by atoms with Crippen molar-refractivity contribution < 1.29 is 9.59 Å². The van der Waals surface area contributed by atoms with Crippen LogP contribution in [0.4, 0.5) is 5.69 Å². The van der Waals surface area contributed by atoms with Crippen LogP contribution in [0.5, 0.6) is 0 Å². The highest BCUT2D eigenvalue weighted by Gasteiger charge is 2.26. The molecule has 0 N–H and O–H groups in total. The van der Waals surface area contributed by atoms with E-state index in [0.29, 0.717) is 13.0 Å². The fourth-order valence-corrected chi connectivity index (χ4v) is 2.34. The van der Waals surface area contributed by atoms with Crippen LogP contribution in [-0.4, -0.2) is 18.2 Å². The summed E-state index contributed by atoms with van der Waals surface area (Å²) in [4.78, 5) is 24.9. The Labute approximate surface area is 101 Å². The number of anilines is 1. The summed E-state index contributed by atoms with van der Waals surface area (Å²) in [6.45, 7) is 4.62. The number of hydrogen-bond acceptors (Lipinski definition) is 2. The molecular weight excluding hydrogens is 214 g/mol. The van der Waals surface area contributed by atoms with Gasteiger partial charge in [-0.3, -0.25) is 9.59 Å². The lowest BCUT2D eigenvalue weighted by molar-refractivity contribution is -0.128. The van der Waals surface area contributed by atoms with Crippen molar-refractivity contribution in [2.45, 2.75) is 33.1 Å². The highest BCUT2D eigenvalue weighted by molar-refractivity contribution is 6.09. The zero-order chi connectivity index (χ0) is 12.4. The van der Waals surface area contributed by atoms with Crippen molar-refractivity contribution in [2.75, 3.05) is 11.4 Å². The van der Waals surface area contributed by atoms with Crippen molar-refractivity contribution in [3.63, 3.8) is 0 Å². The molecule has 1 aromatic carbocycles. The predicted molar refractivity (Wildman–Crippen MR) is 67.2 cm³/mol. The van der Waals surface area contributed by atoms with Crippen molar-refractivity contribution in [1.82, 2.24) is 0 Å². The van der Waals surface area contributed by atoms with Gasteiger partial charge in [-0.2, -0.15) is 0 Å². The average molecular weight is 231 g/mol. The molecule has 0 radical (unpaired) electrons.